The standard InChI is InChI=1S/C15H17ClN2S/c1-2-8-17-11-12-6-7-13(10-14(12)16)19-15-5-3-4-9-18-15/h3-7,9-10,17H,2,8,11H2,1H3. The van der Waals surface area contributed by atoms with E-state index in [9.17, 15) is 0 Å². The van der Waals surface area contributed by atoms with Gasteiger partial charge in [0.1, 0.15) is 5.03 Å². The van der Waals surface area contributed by atoms with Crippen LogP contribution in [0.15, 0.2) is 52.5 Å². The Labute approximate surface area is 123 Å². The van der Waals surface area contributed by atoms with E-state index in [2.05, 4.69) is 29.4 Å². The third-order valence-corrected chi connectivity index (χ3v) is 3.92. The first-order chi connectivity index (χ1) is 9.29. The van der Waals surface area contributed by atoms with Gasteiger partial charge in [-0.25, -0.2) is 4.98 Å². The normalized spacial score (nSPS) is 10.6. The van der Waals surface area contributed by atoms with Crippen molar-refractivity contribution in [3.8, 4) is 0 Å². The van der Waals surface area contributed by atoms with Gasteiger partial charge in [-0.05, 0) is 42.8 Å². The minimum absolute atomic E-state index is 0.810. The van der Waals surface area contributed by atoms with Crippen molar-refractivity contribution in [1.82, 2.24) is 10.3 Å². The Bertz CT molecular complexity index is 517. The predicted octanol–water partition coefficient (Wildman–Crippen LogP) is 4.39. The number of hydrogen-bond acceptors (Lipinski definition) is 3. The van der Waals surface area contributed by atoms with Crippen LogP contribution >= 0.6 is 23.4 Å². The number of nitrogens with zero attached hydrogens (tertiary/aromatic N) is 1. The highest BCUT2D eigenvalue weighted by molar-refractivity contribution is 7.99. The molecule has 0 saturated carbocycles. The van der Waals surface area contributed by atoms with E-state index in [1.54, 1.807) is 18.0 Å². The lowest BCUT2D eigenvalue weighted by Gasteiger charge is -2.07. The second kappa shape index (κ2) is 7.53. The molecule has 0 fully saturated rings. The van der Waals surface area contributed by atoms with Gasteiger partial charge in [0.15, 0.2) is 0 Å². The Balaban J connectivity index is 2.02. The fourth-order valence-corrected chi connectivity index (χ4v) is 2.79. The zero-order valence-corrected chi connectivity index (χ0v) is 12.5. The first-order valence-electron chi connectivity index (χ1n) is 6.37. The fourth-order valence-electron chi connectivity index (χ4n) is 1.66. The van der Waals surface area contributed by atoms with Crippen LogP contribution in [-0.2, 0) is 6.54 Å². The first kappa shape index (κ1) is 14.4. The molecule has 2 aromatic rings. The summed E-state index contributed by atoms with van der Waals surface area (Å²) in [5, 5.41) is 5.15. The Hall–Kier alpha value is -1.03. The summed E-state index contributed by atoms with van der Waals surface area (Å²) in [6.45, 7) is 3.99. The third kappa shape index (κ3) is 4.53. The van der Waals surface area contributed by atoms with Crippen molar-refractivity contribution in [3.05, 3.63) is 53.2 Å². The number of halogens is 1. The highest BCUT2D eigenvalue weighted by atomic mass is 35.5. The monoisotopic (exact) mass is 292 g/mol. The van der Waals surface area contributed by atoms with Crippen molar-refractivity contribution < 1.29 is 0 Å². The number of benzene rings is 1. The maximum atomic E-state index is 6.30. The number of pyridine rings is 1. The molecule has 1 aromatic carbocycles. The molecule has 0 unspecified atom stereocenters. The predicted molar refractivity (Wildman–Crippen MR) is 81.8 cm³/mol. The lowest BCUT2D eigenvalue weighted by Crippen LogP contribution is -2.13. The molecule has 2 rings (SSSR count). The summed E-state index contributed by atoms with van der Waals surface area (Å²) in [5.74, 6) is 0. The molecule has 0 bridgehead atoms. The maximum Gasteiger partial charge on any atom is 0.101 e. The summed E-state index contributed by atoms with van der Waals surface area (Å²) in [4.78, 5) is 5.41. The molecule has 0 atom stereocenters. The number of nitrogens with one attached hydrogen (secondary N) is 1. The van der Waals surface area contributed by atoms with E-state index in [1.807, 2.05) is 24.3 Å². The Morgan fingerprint density at radius 2 is 2.16 bits per heavy atom. The van der Waals surface area contributed by atoms with Crippen LogP contribution in [0.5, 0.6) is 0 Å². The quantitative estimate of drug-likeness (QED) is 0.800. The summed E-state index contributed by atoms with van der Waals surface area (Å²) in [6.07, 6.45) is 2.93. The van der Waals surface area contributed by atoms with Gasteiger partial charge in [-0.15, -0.1) is 0 Å². The molecule has 19 heavy (non-hydrogen) atoms. The molecule has 4 heteroatoms. The van der Waals surface area contributed by atoms with Crippen molar-refractivity contribution in [1.29, 1.82) is 0 Å². The number of aromatic nitrogens is 1. The lowest BCUT2D eigenvalue weighted by atomic mass is 10.2. The molecule has 2 nitrogen and oxygen atoms in total. The largest absolute Gasteiger partial charge is 0.313 e. The second-order valence-corrected chi connectivity index (χ2v) is 5.70. The van der Waals surface area contributed by atoms with Crippen LogP contribution in [0.1, 0.15) is 18.9 Å². The molecule has 0 aliphatic heterocycles. The van der Waals surface area contributed by atoms with E-state index in [0.29, 0.717) is 0 Å². The van der Waals surface area contributed by atoms with E-state index in [4.69, 9.17) is 11.6 Å². The van der Waals surface area contributed by atoms with Crippen molar-refractivity contribution >= 4 is 23.4 Å². The van der Waals surface area contributed by atoms with Gasteiger partial charge in [0.2, 0.25) is 0 Å². The minimum Gasteiger partial charge on any atom is -0.313 e. The molecule has 0 aliphatic rings. The average molecular weight is 293 g/mol. The summed E-state index contributed by atoms with van der Waals surface area (Å²) >= 11 is 7.92. The third-order valence-electron chi connectivity index (χ3n) is 2.63. The topological polar surface area (TPSA) is 24.9 Å². The van der Waals surface area contributed by atoms with Crippen LogP contribution < -0.4 is 5.32 Å². The molecule has 0 radical (unpaired) electrons. The zero-order chi connectivity index (χ0) is 13.5. The highest BCUT2D eigenvalue weighted by Crippen LogP contribution is 2.29. The average Bonchev–Trinajstić information content (AvgIpc) is 2.43. The van der Waals surface area contributed by atoms with E-state index < -0.39 is 0 Å². The molecule has 100 valence electrons. The number of hydrogen-bond donors (Lipinski definition) is 1. The molecular weight excluding hydrogens is 276 g/mol. The summed E-state index contributed by atoms with van der Waals surface area (Å²) in [7, 11) is 0. The highest BCUT2D eigenvalue weighted by Gasteiger charge is 2.03. The smallest absolute Gasteiger partial charge is 0.101 e. The van der Waals surface area contributed by atoms with E-state index >= 15 is 0 Å². The van der Waals surface area contributed by atoms with E-state index in [0.717, 1.165) is 40.0 Å². The van der Waals surface area contributed by atoms with Gasteiger partial charge in [0, 0.05) is 22.7 Å². The van der Waals surface area contributed by atoms with Crippen molar-refractivity contribution in [2.45, 2.75) is 29.8 Å². The van der Waals surface area contributed by atoms with Gasteiger partial charge in [-0.3, -0.25) is 0 Å². The van der Waals surface area contributed by atoms with Crippen molar-refractivity contribution in [2.75, 3.05) is 6.54 Å². The molecule has 1 N–H and O–H groups in total. The molecule has 0 amide bonds. The summed E-state index contributed by atoms with van der Waals surface area (Å²) in [6, 6.07) is 12.1. The van der Waals surface area contributed by atoms with Crippen molar-refractivity contribution in [2.24, 2.45) is 0 Å². The molecule has 0 spiro atoms. The molecule has 0 saturated heterocycles. The van der Waals surface area contributed by atoms with E-state index in [1.165, 1.54) is 0 Å². The molecule has 0 aliphatic carbocycles. The molecule has 1 aromatic heterocycles. The van der Waals surface area contributed by atoms with Crippen LogP contribution in [0.25, 0.3) is 0 Å². The van der Waals surface area contributed by atoms with Crippen LogP contribution in [0.3, 0.4) is 0 Å². The Morgan fingerprint density at radius 1 is 1.26 bits per heavy atom. The SMILES string of the molecule is CCCNCc1ccc(Sc2ccccn2)cc1Cl. The van der Waals surface area contributed by atoms with Crippen molar-refractivity contribution in [3.63, 3.8) is 0 Å². The van der Waals surface area contributed by atoms with Gasteiger partial charge in [0.05, 0.1) is 0 Å². The zero-order valence-electron chi connectivity index (χ0n) is 10.9. The van der Waals surface area contributed by atoms with Gasteiger partial charge >= 0.3 is 0 Å². The van der Waals surface area contributed by atoms with Gasteiger partial charge in [-0.1, -0.05) is 42.4 Å². The fraction of sp³-hybridized carbons (Fsp3) is 0.267. The van der Waals surface area contributed by atoms with E-state index in [-0.39, 0.29) is 0 Å². The first-order valence-corrected chi connectivity index (χ1v) is 7.57. The Morgan fingerprint density at radius 3 is 2.84 bits per heavy atom. The molecule has 1 heterocycles. The molecular formula is C15H17ClN2S. The summed E-state index contributed by atoms with van der Waals surface area (Å²) in [5.41, 5.74) is 1.14. The Kier molecular flexibility index (Phi) is 5.70. The van der Waals surface area contributed by atoms with Crippen LogP contribution in [0.2, 0.25) is 5.02 Å². The van der Waals surface area contributed by atoms with Gasteiger partial charge in [-0.2, -0.15) is 0 Å². The maximum absolute atomic E-state index is 6.30. The lowest BCUT2D eigenvalue weighted by molar-refractivity contribution is 0.675. The van der Waals surface area contributed by atoms with Crippen LogP contribution in [0, 0.1) is 0 Å². The number of rotatable bonds is 6. The van der Waals surface area contributed by atoms with Crippen LogP contribution in [-0.4, -0.2) is 11.5 Å². The van der Waals surface area contributed by atoms with Crippen LogP contribution in [0.4, 0.5) is 0 Å². The summed E-state index contributed by atoms with van der Waals surface area (Å²) < 4.78 is 0. The second-order valence-electron chi connectivity index (χ2n) is 4.20. The van der Waals surface area contributed by atoms with Gasteiger partial charge < -0.3 is 5.32 Å². The minimum atomic E-state index is 0.810. The van der Waals surface area contributed by atoms with Gasteiger partial charge in [0.25, 0.3) is 0 Å².